The van der Waals surface area contributed by atoms with E-state index in [1.54, 1.807) is 7.11 Å². The molecule has 1 fully saturated rings. The van der Waals surface area contributed by atoms with Crippen molar-refractivity contribution in [3.63, 3.8) is 0 Å². The van der Waals surface area contributed by atoms with Crippen LogP contribution in [0.4, 0.5) is 11.4 Å². The largest absolute Gasteiger partial charge is 0.383 e. The summed E-state index contributed by atoms with van der Waals surface area (Å²) in [4.78, 5) is 19.1. The maximum Gasteiger partial charge on any atom is 0.226 e. The van der Waals surface area contributed by atoms with Crippen molar-refractivity contribution in [3.05, 3.63) is 76.9 Å². The molecule has 2 aromatic heterocycles. The second-order valence-electron chi connectivity index (χ2n) is 9.61. The fourth-order valence-corrected chi connectivity index (χ4v) is 5.16. The maximum absolute atomic E-state index is 12.3. The monoisotopic (exact) mass is 505 g/mol. The Hall–Kier alpha value is -3.23. The van der Waals surface area contributed by atoms with Gasteiger partial charge < -0.3 is 24.8 Å². The van der Waals surface area contributed by atoms with E-state index < -0.39 is 0 Å². The van der Waals surface area contributed by atoms with Gasteiger partial charge in [-0.05, 0) is 80.5 Å². The molecule has 1 saturated heterocycles. The van der Waals surface area contributed by atoms with Crippen LogP contribution in [-0.2, 0) is 16.1 Å². The van der Waals surface area contributed by atoms with Gasteiger partial charge in [-0.2, -0.15) is 0 Å². The quantitative estimate of drug-likeness (QED) is 0.409. The minimum atomic E-state index is -0.115. The van der Waals surface area contributed by atoms with E-state index in [1.165, 1.54) is 17.0 Å². The smallest absolute Gasteiger partial charge is 0.226 e. The number of aromatic nitrogens is 2. The van der Waals surface area contributed by atoms with Crippen LogP contribution in [0.2, 0.25) is 0 Å². The number of methoxy groups -OCH3 is 1. The van der Waals surface area contributed by atoms with Crippen LogP contribution < -0.4 is 15.5 Å². The van der Waals surface area contributed by atoms with E-state index in [4.69, 9.17) is 17.0 Å². The van der Waals surface area contributed by atoms with Crippen molar-refractivity contribution >= 4 is 34.6 Å². The molecule has 1 aliphatic rings. The Balaban J connectivity index is 1.78. The number of thiocarbonyl (C=S) groups is 1. The van der Waals surface area contributed by atoms with E-state index in [9.17, 15) is 4.79 Å². The van der Waals surface area contributed by atoms with Gasteiger partial charge in [0.25, 0.3) is 0 Å². The predicted molar refractivity (Wildman–Crippen MR) is 148 cm³/mol. The standard InChI is InChI=1S/C28H35N5O2S/c1-17(2)27(34)30-23-11-10-21(15-18(23)3)33-26(22-16-19(4)32(20(22)5)13-14-35-6)25(31-28(33)36)24-9-7-8-12-29-24/h7-12,15-17,25-26H,13-14H2,1-6H3,(H,30,34)(H,31,36). The van der Waals surface area contributed by atoms with Crippen molar-refractivity contribution in [2.75, 3.05) is 23.9 Å². The van der Waals surface area contributed by atoms with Gasteiger partial charge >= 0.3 is 0 Å². The molecule has 1 amide bonds. The summed E-state index contributed by atoms with van der Waals surface area (Å²) >= 11 is 5.90. The van der Waals surface area contributed by atoms with Gasteiger partial charge in [-0.25, -0.2) is 0 Å². The molecule has 8 heteroatoms. The number of carbonyl (C=O) groups is 1. The van der Waals surface area contributed by atoms with Crippen LogP contribution in [0, 0.1) is 26.7 Å². The minimum Gasteiger partial charge on any atom is -0.383 e. The van der Waals surface area contributed by atoms with Crippen molar-refractivity contribution in [1.29, 1.82) is 0 Å². The van der Waals surface area contributed by atoms with Gasteiger partial charge in [-0.1, -0.05) is 19.9 Å². The third-order valence-corrected chi connectivity index (χ3v) is 7.13. The summed E-state index contributed by atoms with van der Waals surface area (Å²) < 4.78 is 7.65. The molecule has 3 heterocycles. The summed E-state index contributed by atoms with van der Waals surface area (Å²) in [7, 11) is 1.73. The lowest BCUT2D eigenvalue weighted by atomic mass is 9.96. The molecule has 7 nitrogen and oxygen atoms in total. The van der Waals surface area contributed by atoms with Crippen LogP contribution in [0.5, 0.6) is 0 Å². The molecular formula is C28H35N5O2S. The number of ether oxygens (including phenoxy) is 1. The molecule has 190 valence electrons. The third kappa shape index (κ3) is 5.01. The molecule has 1 aromatic carbocycles. The molecule has 3 aromatic rings. The van der Waals surface area contributed by atoms with Gasteiger partial charge in [-0.15, -0.1) is 0 Å². The number of nitrogens with zero attached hydrogens (tertiary/aromatic N) is 3. The molecule has 0 aliphatic carbocycles. The molecule has 0 bridgehead atoms. The zero-order valence-electron chi connectivity index (χ0n) is 21.8. The molecular weight excluding hydrogens is 470 g/mol. The number of nitrogens with one attached hydrogen (secondary N) is 2. The molecule has 2 N–H and O–H groups in total. The topological polar surface area (TPSA) is 71.4 Å². The fourth-order valence-electron chi connectivity index (χ4n) is 4.82. The first-order valence-electron chi connectivity index (χ1n) is 12.3. The molecule has 2 unspecified atom stereocenters. The number of aryl methyl sites for hydroxylation is 2. The lowest BCUT2D eigenvalue weighted by molar-refractivity contribution is -0.118. The first kappa shape index (κ1) is 25.9. The van der Waals surface area contributed by atoms with Crippen molar-refractivity contribution in [2.24, 2.45) is 5.92 Å². The lowest BCUT2D eigenvalue weighted by Gasteiger charge is -2.29. The lowest BCUT2D eigenvalue weighted by Crippen LogP contribution is -2.29. The highest BCUT2D eigenvalue weighted by Gasteiger charge is 2.42. The summed E-state index contributed by atoms with van der Waals surface area (Å²) in [5.41, 5.74) is 7.26. The van der Waals surface area contributed by atoms with E-state index in [2.05, 4.69) is 51.1 Å². The van der Waals surface area contributed by atoms with Gasteiger partial charge in [0.05, 0.1) is 24.4 Å². The van der Waals surface area contributed by atoms with Crippen LogP contribution >= 0.6 is 12.2 Å². The number of carbonyl (C=O) groups excluding carboxylic acids is 1. The Morgan fingerprint density at radius 2 is 1.97 bits per heavy atom. The van der Waals surface area contributed by atoms with Crippen LogP contribution in [0.25, 0.3) is 0 Å². The van der Waals surface area contributed by atoms with Crippen molar-refractivity contribution in [3.8, 4) is 0 Å². The summed E-state index contributed by atoms with van der Waals surface area (Å²) in [6.45, 7) is 11.5. The molecule has 0 radical (unpaired) electrons. The average molecular weight is 506 g/mol. The van der Waals surface area contributed by atoms with Crippen molar-refractivity contribution in [2.45, 2.75) is 53.2 Å². The Kier molecular flexibility index (Phi) is 7.76. The summed E-state index contributed by atoms with van der Waals surface area (Å²) in [5.74, 6) is -0.0860. The van der Waals surface area contributed by atoms with E-state index in [0.717, 1.165) is 29.2 Å². The normalized spacial score (nSPS) is 17.5. The second-order valence-corrected chi connectivity index (χ2v) is 10.00. The van der Waals surface area contributed by atoms with Crippen LogP contribution in [-0.4, -0.2) is 34.3 Å². The number of anilines is 2. The Bertz CT molecular complexity index is 1250. The van der Waals surface area contributed by atoms with E-state index in [-0.39, 0.29) is 23.9 Å². The van der Waals surface area contributed by atoms with Crippen LogP contribution in [0.1, 0.15) is 54.1 Å². The number of rotatable bonds is 8. The van der Waals surface area contributed by atoms with Crippen molar-refractivity contribution in [1.82, 2.24) is 14.9 Å². The molecule has 36 heavy (non-hydrogen) atoms. The minimum absolute atomic E-state index is 0.000742. The maximum atomic E-state index is 12.3. The highest BCUT2D eigenvalue weighted by Crippen LogP contribution is 2.43. The zero-order valence-corrected chi connectivity index (χ0v) is 22.6. The van der Waals surface area contributed by atoms with Gasteiger partial charge in [-0.3, -0.25) is 9.78 Å². The number of benzene rings is 1. The van der Waals surface area contributed by atoms with E-state index in [0.29, 0.717) is 11.7 Å². The number of amides is 1. The highest BCUT2D eigenvalue weighted by molar-refractivity contribution is 7.80. The SMILES string of the molecule is COCCn1c(C)cc(C2C(c3ccccn3)NC(=S)N2c2ccc(NC(=O)C(C)C)c(C)c2)c1C. The van der Waals surface area contributed by atoms with Crippen LogP contribution in [0.15, 0.2) is 48.7 Å². The fraction of sp³-hybridized carbons (Fsp3) is 0.393. The first-order chi connectivity index (χ1) is 17.2. The molecule has 0 spiro atoms. The zero-order chi connectivity index (χ0) is 26.0. The molecule has 1 aliphatic heterocycles. The average Bonchev–Trinajstić information content (AvgIpc) is 3.34. The first-order valence-corrected chi connectivity index (χ1v) is 12.7. The third-order valence-electron chi connectivity index (χ3n) is 6.82. The summed E-state index contributed by atoms with van der Waals surface area (Å²) in [6, 6.07) is 14.1. The van der Waals surface area contributed by atoms with E-state index >= 15 is 0 Å². The van der Waals surface area contributed by atoms with E-state index in [1.807, 2.05) is 57.3 Å². The highest BCUT2D eigenvalue weighted by atomic mass is 32.1. The second kappa shape index (κ2) is 10.8. The summed E-state index contributed by atoms with van der Waals surface area (Å²) in [5, 5.41) is 7.21. The molecule has 0 saturated carbocycles. The molecule has 4 rings (SSSR count). The molecule has 2 atom stereocenters. The number of hydrogen-bond donors (Lipinski definition) is 2. The Morgan fingerprint density at radius 3 is 2.61 bits per heavy atom. The Labute approximate surface area is 218 Å². The van der Waals surface area contributed by atoms with Gasteiger partial charge in [0.1, 0.15) is 0 Å². The predicted octanol–water partition coefficient (Wildman–Crippen LogP) is 5.23. The Morgan fingerprint density at radius 1 is 1.19 bits per heavy atom. The van der Waals surface area contributed by atoms with Crippen LogP contribution in [0.3, 0.4) is 0 Å². The number of hydrogen-bond acceptors (Lipinski definition) is 4. The summed E-state index contributed by atoms with van der Waals surface area (Å²) in [6.07, 6.45) is 1.82. The number of pyridine rings is 1. The van der Waals surface area contributed by atoms with Gasteiger partial charge in [0.15, 0.2) is 5.11 Å². The van der Waals surface area contributed by atoms with Gasteiger partial charge in [0, 0.05) is 48.5 Å². The van der Waals surface area contributed by atoms with Crippen molar-refractivity contribution < 1.29 is 9.53 Å². The van der Waals surface area contributed by atoms with Gasteiger partial charge in [0.2, 0.25) is 5.91 Å².